The number of ether oxygens (including phenoxy) is 1. The molecule has 0 N–H and O–H groups in total. The van der Waals surface area contributed by atoms with E-state index < -0.39 is 0 Å². The van der Waals surface area contributed by atoms with E-state index in [0.717, 1.165) is 31.2 Å². The molecule has 116 valence electrons. The Morgan fingerprint density at radius 2 is 2.14 bits per heavy atom. The summed E-state index contributed by atoms with van der Waals surface area (Å²) in [5.74, 6) is 2.09. The van der Waals surface area contributed by atoms with Gasteiger partial charge in [0.25, 0.3) is 5.91 Å². The molecule has 0 aliphatic heterocycles. The van der Waals surface area contributed by atoms with Crippen molar-refractivity contribution >= 4 is 5.91 Å². The van der Waals surface area contributed by atoms with Crippen molar-refractivity contribution in [3.8, 4) is 5.75 Å². The van der Waals surface area contributed by atoms with Crippen molar-refractivity contribution in [2.24, 2.45) is 5.92 Å². The van der Waals surface area contributed by atoms with Crippen LogP contribution in [-0.2, 0) is 4.79 Å². The Kier molecular flexibility index (Phi) is 5.66. The molecule has 2 rings (SSSR count). The molecule has 1 fully saturated rings. The second-order valence-corrected chi connectivity index (χ2v) is 6.30. The Hall–Kier alpha value is -1.51. The smallest absolute Gasteiger partial charge is 0.260 e. The summed E-state index contributed by atoms with van der Waals surface area (Å²) in [6.45, 7) is 8.31. The summed E-state index contributed by atoms with van der Waals surface area (Å²) in [7, 11) is 0. The van der Waals surface area contributed by atoms with Crippen molar-refractivity contribution in [1.29, 1.82) is 0 Å². The molecular formula is C18H27NO2. The second kappa shape index (κ2) is 7.48. The van der Waals surface area contributed by atoms with E-state index in [-0.39, 0.29) is 12.5 Å². The monoisotopic (exact) mass is 289 g/mol. The first-order valence-electron chi connectivity index (χ1n) is 8.10. The van der Waals surface area contributed by atoms with Gasteiger partial charge in [-0.25, -0.2) is 0 Å². The summed E-state index contributed by atoms with van der Waals surface area (Å²) >= 11 is 0. The van der Waals surface area contributed by atoms with Gasteiger partial charge in [-0.1, -0.05) is 32.9 Å². The summed E-state index contributed by atoms with van der Waals surface area (Å²) in [6, 6.07) is 8.03. The van der Waals surface area contributed by atoms with E-state index in [9.17, 15) is 4.79 Å². The van der Waals surface area contributed by atoms with Gasteiger partial charge in [-0.2, -0.15) is 0 Å². The van der Waals surface area contributed by atoms with Crippen LogP contribution in [0, 0.1) is 5.92 Å². The minimum Gasteiger partial charge on any atom is -0.484 e. The Morgan fingerprint density at radius 3 is 2.76 bits per heavy atom. The Bertz CT molecular complexity index is 466. The van der Waals surface area contributed by atoms with Gasteiger partial charge in [0.2, 0.25) is 0 Å². The molecule has 3 heteroatoms. The van der Waals surface area contributed by atoms with Crippen molar-refractivity contribution in [3.63, 3.8) is 0 Å². The van der Waals surface area contributed by atoms with Crippen LogP contribution in [0.15, 0.2) is 24.3 Å². The predicted octanol–water partition coefficient (Wildman–Crippen LogP) is 3.84. The van der Waals surface area contributed by atoms with Crippen LogP contribution in [0.4, 0.5) is 0 Å². The molecule has 1 amide bonds. The van der Waals surface area contributed by atoms with Crippen molar-refractivity contribution in [1.82, 2.24) is 4.90 Å². The SMILES string of the molecule is CCCN(CC1CC1)C(=O)COc1cccc(C(C)C)c1. The zero-order valence-electron chi connectivity index (χ0n) is 13.5. The van der Waals surface area contributed by atoms with Gasteiger partial charge in [-0.15, -0.1) is 0 Å². The van der Waals surface area contributed by atoms with Crippen molar-refractivity contribution in [3.05, 3.63) is 29.8 Å². The molecule has 0 saturated heterocycles. The third-order valence-electron chi connectivity index (χ3n) is 3.91. The van der Waals surface area contributed by atoms with Gasteiger partial charge in [0, 0.05) is 13.1 Å². The highest BCUT2D eigenvalue weighted by atomic mass is 16.5. The molecule has 0 aromatic heterocycles. The summed E-state index contributed by atoms with van der Waals surface area (Å²) in [5, 5.41) is 0. The van der Waals surface area contributed by atoms with Gasteiger partial charge in [-0.3, -0.25) is 4.79 Å². The van der Waals surface area contributed by atoms with Gasteiger partial charge in [0.1, 0.15) is 5.75 Å². The van der Waals surface area contributed by atoms with E-state index in [1.165, 1.54) is 18.4 Å². The average molecular weight is 289 g/mol. The highest BCUT2D eigenvalue weighted by Crippen LogP contribution is 2.29. The van der Waals surface area contributed by atoms with Crippen molar-refractivity contribution in [2.45, 2.75) is 46.0 Å². The fourth-order valence-electron chi connectivity index (χ4n) is 2.40. The second-order valence-electron chi connectivity index (χ2n) is 6.30. The topological polar surface area (TPSA) is 29.5 Å². The maximum atomic E-state index is 12.3. The molecule has 0 radical (unpaired) electrons. The number of benzene rings is 1. The Morgan fingerprint density at radius 1 is 1.38 bits per heavy atom. The first-order valence-corrected chi connectivity index (χ1v) is 8.10. The maximum absolute atomic E-state index is 12.3. The number of hydrogen-bond acceptors (Lipinski definition) is 2. The molecule has 0 atom stereocenters. The van der Waals surface area contributed by atoms with Crippen LogP contribution in [-0.4, -0.2) is 30.5 Å². The van der Waals surface area contributed by atoms with E-state index in [4.69, 9.17) is 4.74 Å². The Balaban J connectivity index is 1.87. The average Bonchev–Trinajstić information content (AvgIpc) is 3.28. The number of carbonyl (C=O) groups excluding carboxylic acids is 1. The number of rotatable bonds is 8. The van der Waals surface area contributed by atoms with E-state index in [1.807, 2.05) is 23.1 Å². The molecule has 1 aliphatic rings. The van der Waals surface area contributed by atoms with Crippen molar-refractivity contribution < 1.29 is 9.53 Å². The van der Waals surface area contributed by atoms with Crippen LogP contribution in [0.25, 0.3) is 0 Å². The summed E-state index contributed by atoms with van der Waals surface area (Å²) in [6.07, 6.45) is 3.54. The first kappa shape index (κ1) is 15.9. The minimum atomic E-state index is 0.110. The molecule has 1 aliphatic carbocycles. The van der Waals surface area contributed by atoms with Crippen LogP contribution in [0.2, 0.25) is 0 Å². The lowest BCUT2D eigenvalue weighted by Gasteiger charge is -2.22. The van der Waals surface area contributed by atoms with Crippen LogP contribution in [0.5, 0.6) is 5.75 Å². The fraction of sp³-hybridized carbons (Fsp3) is 0.611. The predicted molar refractivity (Wildman–Crippen MR) is 85.6 cm³/mol. The van der Waals surface area contributed by atoms with E-state index in [2.05, 4.69) is 26.8 Å². The lowest BCUT2D eigenvalue weighted by atomic mass is 10.0. The van der Waals surface area contributed by atoms with E-state index in [1.54, 1.807) is 0 Å². The normalized spacial score (nSPS) is 14.3. The van der Waals surface area contributed by atoms with E-state index in [0.29, 0.717) is 5.92 Å². The number of hydrogen-bond donors (Lipinski definition) is 0. The quantitative estimate of drug-likeness (QED) is 0.727. The van der Waals surface area contributed by atoms with Gasteiger partial charge < -0.3 is 9.64 Å². The van der Waals surface area contributed by atoms with Gasteiger partial charge in [-0.05, 0) is 48.8 Å². The minimum absolute atomic E-state index is 0.110. The number of carbonyl (C=O) groups is 1. The molecule has 1 aromatic carbocycles. The zero-order valence-corrected chi connectivity index (χ0v) is 13.5. The molecule has 1 saturated carbocycles. The maximum Gasteiger partial charge on any atom is 0.260 e. The van der Waals surface area contributed by atoms with E-state index >= 15 is 0 Å². The van der Waals surface area contributed by atoms with Crippen LogP contribution in [0.3, 0.4) is 0 Å². The standard InChI is InChI=1S/C18H27NO2/c1-4-10-19(12-15-8-9-15)18(20)13-21-17-7-5-6-16(11-17)14(2)3/h5-7,11,14-15H,4,8-10,12-13H2,1-3H3. The van der Waals surface area contributed by atoms with Gasteiger partial charge in [0.15, 0.2) is 6.61 Å². The fourth-order valence-corrected chi connectivity index (χ4v) is 2.40. The number of amides is 1. The molecule has 3 nitrogen and oxygen atoms in total. The number of nitrogens with zero attached hydrogens (tertiary/aromatic N) is 1. The molecule has 21 heavy (non-hydrogen) atoms. The molecule has 0 bridgehead atoms. The molecule has 0 spiro atoms. The molecule has 0 heterocycles. The summed E-state index contributed by atoms with van der Waals surface area (Å²) in [4.78, 5) is 14.3. The lowest BCUT2D eigenvalue weighted by Crippen LogP contribution is -2.37. The van der Waals surface area contributed by atoms with Gasteiger partial charge in [0.05, 0.1) is 0 Å². The summed E-state index contributed by atoms with van der Waals surface area (Å²) < 4.78 is 5.70. The molecule has 1 aromatic rings. The first-order chi connectivity index (χ1) is 10.1. The largest absolute Gasteiger partial charge is 0.484 e. The van der Waals surface area contributed by atoms with Crippen LogP contribution in [0.1, 0.15) is 51.5 Å². The Labute approximate surface area is 128 Å². The third-order valence-corrected chi connectivity index (χ3v) is 3.91. The molecule has 0 unspecified atom stereocenters. The van der Waals surface area contributed by atoms with Crippen LogP contribution < -0.4 is 4.74 Å². The molecular weight excluding hydrogens is 262 g/mol. The zero-order chi connectivity index (χ0) is 15.2. The summed E-state index contributed by atoms with van der Waals surface area (Å²) in [5.41, 5.74) is 1.24. The van der Waals surface area contributed by atoms with Gasteiger partial charge >= 0.3 is 0 Å². The highest BCUT2D eigenvalue weighted by Gasteiger charge is 2.26. The van der Waals surface area contributed by atoms with Crippen LogP contribution >= 0.6 is 0 Å². The lowest BCUT2D eigenvalue weighted by molar-refractivity contribution is -0.133. The highest BCUT2D eigenvalue weighted by molar-refractivity contribution is 5.77. The van der Waals surface area contributed by atoms with Crippen molar-refractivity contribution in [2.75, 3.05) is 19.7 Å². The third kappa shape index (κ3) is 5.07.